The molecule has 84 valence electrons. The standard InChI is InChI=1S/C10H12F3NO/c1-14-9(10(11,12)13)7-4-3-5-8(6-7)15-2/h3-6,9,14H,1-2H3. The third-order valence-electron chi connectivity index (χ3n) is 2.04. The fourth-order valence-electron chi connectivity index (χ4n) is 1.34. The summed E-state index contributed by atoms with van der Waals surface area (Å²) in [5, 5.41) is 2.23. The van der Waals surface area contributed by atoms with Crippen molar-refractivity contribution in [1.82, 2.24) is 5.32 Å². The maximum absolute atomic E-state index is 12.5. The van der Waals surface area contributed by atoms with Crippen LogP contribution in [0.1, 0.15) is 11.6 Å². The van der Waals surface area contributed by atoms with E-state index in [-0.39, 0.29) is 5.56 Å². The number of rotatable bonds is 3. The molecule has 1 unspecified atom stereocenters. The van der Waals surface area contributed by atoms with Gasteiger partial charge in [-0.15, -0.1) is 0 Å². The summed E-state index contributed by atoms with van der Waals surface area (Å²) in [5.74, 6) is 0.414. The maximum Gasteiger partial charge on any atom is 0.407 e. The van der Waals surface area contributed by atoms with Crippen molar-refractivity contribution in [2.24, 2.45) is 0 Å². The molecule has 5 heteroatoms. The van der Waals surface area contributed by atoms with Crippen LogP contribution in [-0.4, -0.2) is 20.3 Å². The molecule has 0 aliphatic heterocycles. The lowest BCUT2D eigenvalue weighted by Crippen LogP contribution is -2.31. The second kappa shape index (κ2) is 4.53. The highest BCUT2D eigenvalue weighted by molar-refractivity contribution is 5.31. The van der Waals surface area contributed by atoms with Crippen LogP contribution in [0.4, 0.5) is 13.2 Å². The van der Waals surface area contributed by atoms with E-state index in [0.717, 1.165) is 0 Å². The van der Waals surface area contributed by atoms with Gasteiger partial charge in [-0.1, -0.05) is 12.1 Å². The summed E-state index contributed by atoms with van der Waals surface area (Å²) in [6.45, 7) is 0. The summed E-state index contributed by atoms with van der Waals surface area (Å²) in [6.07, 6.45) is -4.30. The molecule has 0 bridgehead atoms. The molecule has 0 amide bonds. The Bertz CT molecular complexity index is 325. The molecule has 0 aliphatic rings. The van der Waals surface area contributed by atoms with Crippen molar-refractivity contribution in [3.05, 3.63) is 29.8 Å². The van der Waals surface area contributed by atoms with Gasteiger partial charge in [0.15, 0.2) is 0 Å². The third-order valence-corrected chi connectivity index (χ3v) is 2.04. The zero-order chi connectivity index (χ0) is 11.5. The molecular formula is C10H12F3NO. The molecule has 1 aromatic rings. The minimum Gasteiger partial charge on any atom is -0.497 e. The molecule has 0 aliphatic carbocycles. The van der Waals surface area contributed by atoms with Crippen LogP contribution in [0.2, 0.25) is 0 Å². The zero-order valence-corrected chi connectivity index (χ0v) is 8.43. The van der Waals surface area contributed by atoms with E-state index in [1.165, 1.54) is 32.4 Å². The first kappa shape index (κ1) is 11.8. The molecule has 2 nitrogen and oxygen atoms in total. The summed E-state index contributed by atoms with van der Waals surface area (Å²) in [7, 11) is 2.69. The summed E-state index contributed by atoms with van der Waals surface area (Å²) in [5.41, 5.74) is 0.143. The van der Waals surface area contributed by atoms with Gasteiger partial charge in [-0.2, -0.15) is 13.2 Å². The fraction of sp³-hybridized carbons (Fsp3) is 0.400. The smallest absolute Gasteiger partial charge is 0.407 e. The molecule has 0 radical (unpaired) electrons. The third kappa shape index (κ3) is 2.86. The lowest BCUT2D eigenvalue weighted by molar-refractivity contribution is -0.156. The van der Waals surface area contributed by atoms with Gasteiger partial charge >= 0.3 is 6.18 Å². The Balaban J connectivity index is 3.02. The van der Waals surface area contributed by atoms with E-state index >= 15 is 0 Å². The Hall–Kier alpha value is -1.23. The maximum atomic E-state index is 12.5. The lowest BCUT2D eigenvalue weighted by atomic mass is 10.1. The summed E-state index contributed by atoms with van der Waals surface area (Å²) >= 11 is 0. The highest BCUT2D eigenvalue weighted by Gasteiger charge is 2.39. The van der Waals surface area contributed by atoms with Gasteiger partial charge in [-0.25, -0.2) is 0 Å². The molecule has 1 aromatic carbocycles. The number of hydrogen-bond acceptors (Lipinski definition) is 2. The van der Waals surface area contributed by atoms with Crippen molar-refractivity contribution in [3.8, 4) is 5.75 Å². The highest BCUT2D eigenvalue weighted by Crippen LogP contribution is 2.33. The average Bonchev–Trinajstić information content (AvgIpc) is 2.17. The van der Waals surface area contributed by atoms with Crippen LogP contribution in [-0.2, 0) is 0 Å². The van der Waals surface area contributed by atoms with Crippen molar-refractivity contribution in [2.45, 2.75) is 12.2 Å². The predicted molar refractivity (Wildman–Crippen MR) is 50.8 cm³/mol. The van der Waals surface area contributed by atoms with E-state index in [0.29, 0.717) is 5.75 Å². The van der Waals surface area contributed by atoms with Crippen molar-refractivity contribution >= 4 is 0 Å². The van der Waals surface area contributed by atoms with Gasteiger partial charge in [0.25, 0.3) is 0 Å². The number of halogens is 3. The molecule has 0 saturated carbocycles. The topological polar surface area (TPSA) is 21.3 Å². The Morgan fingerprint density at radius 3 is 2.47 bits per heavy atom. The lowest BCUT2D eigenvalue weighted by Gasteiger charge is -2.20. The molecule has 1 N–H and O–H groups in total. The Labute approximate surface area is 86.1 Å². The molecule has 15 heavy (non-hydrogen) atoms. The van der Waals surface area contributed by atoms with E-state index in [2.05, 4.69) is 5.32 Å². The van der Waals surface area contributed by atoms with Crippen molar-refractivity contribution in [3.63, 3.8) is 0 Å². The van der Waals surface area contributed by atoms with Crippen LogP contribution in [0.25, 0.3) is 0 Å². The van der Waals surface area contributed by atoms with E-state index in [1.807, 2.05) is 0 Å². The van der Waals surface area contributed by atoms with Crippen LogP contribution in [0.5, 0.6) is 5.75 Å². The van der Waals surface area contributed by atoms with Crippen LogP contribution >= 0.6 is 0 Å². The Kier molecular flexibility index (Phi) is 3.57. The molecular weight excluding hydrogens is 207 g/mol. The number of ether oxygens (including phenoxy) is 1. The van der Waals surface area contributed by atoms with E-state index in [4.69, 9.17) is 4.74 Å². The molecule has 0 aromatic heterocycles. The minimum absolute atomic E-state index is 0.143. The van der Waals surface area contributed by atoms with Gasteiger partial charge in [0.2, 0.25) is 0 Å². The van der Waals surface area contributed by atoms with Crippen LogP contribution in [0.15, 0.2) is 24.3 Å². The predicted octanol–water partition coefficient (Wildman–Crippen LogP) is 2.52. The normalized spacial score (nSPS) is 13.7. The van der Waals surface area contributed by atoms with Crippen molar-refractivity contribution < 1.29 is 17.9 Å². The molecule has 1 rings (SSSR count). The fourth-order valence-corrected chi connectivity index (χ4v) is 1.34. The van der Waals surface area contributed by atoms with E-state index < -0.39 is 12.2 Å². The van der Waals surface area contributed by atoms with E-state index in [1.54, 1.807) is 6.07 Å². The van der Waals surface area contributed by atoms with Gasteiger partial charge in [-0.3, -0.25) is 0 Å². The van der Waals surface area contributed by atoms with Crippen LogP contribution in [0, 0.1) is 0 Å². The van der Waals surface area contributed by atoms with Gasteiger partial charge in [-0.05, 0) is 24.7 Å². The number of nitrogens with one attached hydrogen (secondary N) is 1. The number of hydrogen-bond donors (Lipinski definition) is 1. The van der Waals surface area contributed by atoms with Gasteiger partial charge < -0.3 is 10.1 Å². The van der Waals surface area contributed by atoms with Crippen molar-refractivity contribution in [1.29, 1.82) is 0 Å². The highest BCUT2D eigenvalue weighted by atomic mass is 19.4. The largest absolute Gasteiger partial charge is 0.497 e. The van der Waals surface area contributed by atoms with Gasteiger partial charge in [0, 0.05) is 0 Å². The number of methoxy groups -OCH3 is 1. The zero-order valence-electron chi connectivity index (χ0n) is 8.43. The monoisotopic (exact) mass is 219 g/mol. The summed E-state index contributed by atoms with van der Waals surface area (Å²) in [6, 6.07) is 4.26. The van der Waals surface area contributed by atoms with E-state index in [9.17, 15) is 13.2 Å². The first-order valence-corrected chi connectivity index (χ1v) is 4.37. The van der Waals surface area contributed by atoms with Crippen LogP contribution < -0.4 is 10.1 Å². The number of benzene rings is 1. The molecule has 1 atom stereocenters. The SMILES string of the molecule is CNC(c1cccc(OC)c1)C(F)(F)F. The molecule has 0 spiro atoms. The Morgan fingerprint density at radius 2 is 2.00 bits per heavy atom. The quantitative estimate of drug-likeness (QED) is 0.843. The second-order valence-corrected chi connectivity index (χ2v) is 3.04. The summed E-state index contributed by atoms with van der Waals surface area (Å²) < 4.78 is 42.5. The first-order valence-electron chi connectivity index (χ1n) is 4.37. The van der Waals surface area contributed by atoms with Crippen LogP contribution in [0.3, 0.4) is 0 Å². The molecule has 0 saturated heterocycles. The Morgan fingerprint density at radius 1 is 1.33 bits per heavy atom. The number of alkyl halides is 3. The molecule has 0 heterocycles. The van der Waals surface area contributed by atoms with Crippen molar-refractivity contribution in [2.75, 3.05) is 14.2 Å². The first-order chi connectivity index (χ1) is 6.99. The summed E-state index contributed by atoms with van der Waals surface area (Å²) in [4.78, 5) is 0. The minimum atomic E-state index is -4.30. The van der Waals surface area contributed by atoms with Gasteiger partial charge in [0.05, 0.1) is 7.11 Å². The molecule has 0 fully saturated rings. The van der Waals surface area contributed by atoms with Gasteiger partial charge in [0.1, 0.15) is 11.8 Å². The second-order valence-electron chi connectivity index (χ2n) is 3.04. The average molecular weight is 219 g/mol.